The van der Waals surface area contributed by atoms with E-state index in [0.717, 1.165) is 6.42 Å². The molecule has 1 heterocycles. The third-order valence-electron chi connectivity index (χ3n) is 2.69. The number of aliphatic hydroxyl groups is 2. The SMILES string of the molecule is CCCn1nc(C)c([N+](=O)[O-])c1NCC(C)(O)CO. The average Bonchev–Trinajstić information content (AvgIpc) is 2.63. The highest BCUT2D eigenvalue weighted by molar-refractivity contribution is 5.59. The molecule has 0 bridgehead atoms. The van der Waals surface area contributed by atoms with Gasteiger partial charge < -0.3 is 15.5 Å². The van der Waals surface area contributed by atoms with Crippen LogP contribution in [0.3, 0.4) is 0 Å². The minimum Gasteiger partial charge on any atom is -0.393 e. The zero-order valence-corrected chi connectivity index (χ0v) is 11.4. The Labute approximate surface area is 111 Å². The lowest BCUT2D eigenvalue weighted by Crippen LogP contribution is -2.37. The molecular formula is C11H20N4O4. The van der Waals surface area contributed by atoms with E-state index in [4.69, 9.17) is 5.11 Å². The molecule has 1 atom stereocenters. The molecule has 0 fully saturated rings. The Bertz CT molecular complexity index is 456. The molecule has 0 aliphatic carbocycles. The van der Waals surface area contributed by atoms with Crippen LogP contribution in [0, 0.1) is 17.0 Å². The van der Waals surface area contributed by atoms with Gasteiger partial charge in [-0.15, -0.1) is 0 Å². The van der Waals surface area contributed by atoms with Gasteiger partial charge in [0.1, 0.15) is 11.3 Å². The summed E-state index contributed by atoms with van der Waals surface area (Å²) in [5.74, 6) is 0.262. The fraction of sp³-hybridized carbons (Fsp3) is 0.727. The highest BCUT2D eigenvalue weighted by atomic mass is 16.6. The van der Waals surface area contributed by atoms with Crippen LogP contribution in [0.25, 0.3) is 0 Å². The number of hydrogen-bond donors (Lipinski definition) is 3. The third-order valence-corrected chi connectivity index (χ3v) is 2.69. The molecule has 3 N–H and O–H groups in total. The summed E-state index contributed by atoms with van der Waals surface area (Å²) >= 11 is 0. The first-order chi connectivity index (χ1) is 8.82. The van der Waals surface area contributed by atoms with Crippen LogP contribution >= 0.6 is 0 Å². The number of nitro groups is 1. The highest BCUT2D eigenvalue weighted by Crippen LogP contribution is 2.28. The second kappa shape index (κ2) is 5.98. The third kappa shape index (κ3) is 3.65. The first kappa shape index (κ1) is 15.4. The quantitative estimate of drug-likeness (QED) is 0.496. The summed E-state index contributed by atoms with van der Waals surface area (Å²) in [6, 6.07) is 0. The number of rotatable bonds is 7. The van der Waals surface area contributed by atoms with Crippen LogP contribution in [-0.2, 0) is 6.54 Å². The van der Waals surface area contributed by atoms with E-state index in [1.54, 1.807) is 6.92 Å². The van der Waals surface area contributed by atoms with E-state index < -0.39 is 17.1 Å². The molecule has 0 saturated carbocycles. The Morgan fingerprint density at radius 1 is 1.58 bits per heavy atom. The Hall–Kier alpha value is -1.67. The maximum Gasteiger partial charge on any atom is 0.333 e. The predicted octanol–water partition coefficient (Wildman–Crippen LogP) is 0.665. The van der Waals surface area contributed by atoms with Crippen molar-refractivity contribution >= 4 is 11.5 Å². The minimum atomic E-state index is -1.34. The molecule has 1 aromatic rings. The van der Waals surface area contributed by atoms with Crippen molar-refractivity contribution in [1.82, 2.24) is 9.78 Å². The van der Waals surface area contributed by atoms with Gasteiger partial charge in [0.25, 0.3) is 0 Å². The fourth-order valence-electron chi connectivity index (χ4n) is 1.67. The maximum absolute atomic E-state index is 11.1. The zero-order valence-electron chi connectivity index (χ0n) is 11.4. The lowest BCUT2D eigenvalue weighted by Gasteiger charge is -2.21. The summed E-state index contributed by atoms with van der Waals surface area (Å²) in [5, 5.41) is 36.7. The lowest BCUT2D eigenvalue weighted by atomic mass is 10.1. The van der Waals surface area contributed by atoms with Crippen molar-refractivity contribution < 1.29 is 15.1 Å². The molecule has 0 radical (unpaired) electrons. The number of nitrogens with zero attached hydrogens (tertiary/aromatic N) is 3. The van der Waals surface area contributed by atoms with Crippen LogP contribution in [-0.4, -0.2) is 43.7 Å². The molecule has 0 aliphatic rings. The van der Waals surface area contributed by atoms with Crippen molar-refractivity contribution in [3.8, 4) is 0 Å². The number of aromatic nitrogens is 2. The van der Waals surface area contributed by atoms with E-state index in [-0.39, 0.29) is 18.1 Å². The molecule has 0 spiro atoms. The number of aryl methyl sites for hydroxylation is 2. The Morgan fingerprint density at radius 2 is 2.21 bits per heavy atom. The van der Waals surface area contributed by atoms with Gasteiger partial charge in [0, 0.05) is 13.1 Å². The van der Waals surface area contributed by atoms with E-state index in [1.165, 1.54) is 11.6 Å². The standard InChI is InChI=1S/C11H20N4O4/c1-4-5-14-10(12-6-11(3,17)7-16)9(15(18)19)8(2)13-14/h12,16-17H,4-7H2,1-3H3. The minimum absolute atomic E-state index is 0.000806. The molecule has 0 saturated heterocycles. The average molecular weight is 272 g/mol. The zero-order chi connectivity index (χ0) is 14.6. The Balaban J connectivity index is 3.05. The number of nitrogens with one attached hydrogen (secondary N) is 1. The van der Waals surface area contributed by atoms with Gasteiger partial charge in [-0.25, -0.2) is 4.68 Å². The summed E-state index contributed by atoms with van der Waals surface area (Å²) < 4.78 is 1.51. The molecule has 1 aromatic heterocycles. The second-order valence-corrected chi connectivity index (χ2v) is 4.77. The van der Waals surface area contributed by atoms with E-state index in [9.17, 15) is 15.2 Å². The van der Waals surface area contributed by atoms with Gasteiger partial charge in [-0.3, -0.25) is 10.1 Å². The van der Waals surface area contributed by atoms with Gasteiger partial charge in [0.2, 0.25) is 5.82 Å². The van der Waals surface area contributed by atoms with Crippen molar-refractivity contribution in [3.05, 3.63) is 15.8 Å². The normalized spacial score (nSPS) is 14.2. The molecule has 108 valence electrons. The molecule has 0 aliphatic heterocycles. The number of hydrogen-bond acceptors (Lipinski definition) is 6. The van der Waals surface area contributed by atoms with E-state index in [1.807, 2.05) is 6.92 Å². The number of anilines is 1. The van der Waals surface area contributed by atoms with E-state index >= 15 is 0 Å². The van der Waals surface area contributed by atoms with Gasteiger partial charge >= 0.3 is 5.69 Å². The Kier molecular flexibility index (Phi) is 4.84. The van der Waals surface area contributed by atoms with Crippen LogP contribution in [0.2, 0.25) is 0 Å². The molecule has 19 heavy (non-hydrogen) atoms. The van der Waals surface area contributed by atoms with Gasteiger partial charge in [0.05, 0.1) is 11.5 Å². The summed E-state index contributed by atoms with van der Waals surface area (Å²) in [6.07, 6.45) is 0.781. The highest BCUT2D eigenvalue weighted by Gasteiger charge is 2.27. The van der Waals surface area contributed by atoms with Crippen molar-refractivity contribution in [3.63, 3.8) is 0 Å². The summed E-state index contributed by atoms with van der Waals surface area (Å²) in [6.45, 7) is 5.06. The molecule has 8 heteroatoms. The molecule has 0 amide bonds. The Morgan fingerprint density at radius 3 is 2.68 bits per heavy atom. The van der Waals surface area contributed by atoms with Gasteiger partial charge in [-0.2, -0.15) is 5.10 Å². The molecular weight excluding hydrogens is 252 g/mol. The largest absolute Gasteiger partial charge is 0.393 e. The maximum atomic E-state index is 11.1. The molecule has 8 nitrogen and oxygen atoms in total. The van der Waals surface area contributed by atoms with Crippen LogP contribution in [0.4, 0.5) is 11.5 Å². The van der Waals surface area contributed by atoms with Crippen molar-refractivity contribution in [2.75, 3.05) is 18.5 Å². The predicted molar refractivity (Wildman–Crippen MR) is 70.1 cm³/mol. The fourth-order valence-corrected chi connectivity index (χ4v) is 1.67. The first-order valence-corrected chi connectivity index (χ1v) is 6.11. The molecule has 0 aromatic carbocycles. The van der Waals surface area contributed by atoms with E-state index in [0.29, 0.717) is 12.2 Å². The smallest absolute Gasteiger partial charge is 0.333 e. The summed E-state index contributed by atoms with van der Waals surface area (Å²) in [7, 11) is 0. The van der Waals surface area contributed by atoms with Gasteiger partial charge in [0.15, 0.2) is 0 Å². The monoisotopic (exact) mass is 272 g/mol. The van der Waals surface area contributed by atoms with Crippen LogP contribution in [0.15, 0.2) is 0 Å². The summed E-state index contributed by atoms with van der Waals surface area (Å²) in [5.41, 5.74) is -1.12. The van der Waals surface area contributed by atoms with Crippen molar-refractivity contribution in [2.24, 2.45) is 0 Å². The van der Waals surface area contributed by atoms with Crippen LogP contribution < -0.4 is 5.32 Å². The second-order valence-electron chi connectivity index (χ2n) is 4.77. The summed E-state index contributed by atoms with van der Waals surface area (Å²) in [4.78, 5) is 10.6. The van der Waals surface area contributed by atoms with Crippen molar-refractivity contribution in [2.45, 2.75) is 39.3 Å². The number of aliphatic hydroxyl groups excluding tert-OH is 1. The molecule has 1 rings (SSSR count). The van der Waals surface area contributed by atoms with Gasteiger partial charge in [-0.1, -0.05) is 6.92 Å². The van der Waals surface area contributed by atoms with Crippen LogP contribution in [0.1, 0.15) is 26.0 Å². The lowest BCUT2D eigenvalue weighted by molar-refractivity contribution is -0.384. The van der Waals surface area contributed by atoms with Gasteiger partial charge in [-0.05, 0) is 20.3 Å². The van der Waals surface area contributed by atoms with Crippen LogP contribution in [0.5, 0.6) is 0 Å². The topological polar surface area (TPSA) is 113 Å². The van der Waals surface area contributed by atoms with Crippen molar-refractivity contribution in [1.29, 1.82) is 0 Å². The van der Waals surface area contributed by atoms with E-state index in [2.05, 4.69) is 10.4 Å². The first-order valence-electron chi connectivity index (χ1n) is 6.11. The molecule has 1 unspecified atom stereocenters.